The fourth-order valence-corrected chi connectivity index (χ4v) is 3.97. The van der Waals surface area contributed by atoms with Gasteiger partial charge in [0.25, 0.3) is 0 Å². The van der Waals surface area contributed by atoms with Crippen LogP contribution in [-0.2, 0) is 0 Å². The maximum absolute atomic E-state index is 10.2. The van der Waals surface area contributed by atoms with Crippen LogP contribution in [0.1, 0.15) is 19.3 Å². The highest BCUT2D eigenvalue weighted by Gasteiger charge is 2.47. The van der Waals surface area contributed by atoms with E-state index in [0.29, 0.717) is 11.8 Å². The van der Waals surface area contributed by atoms with Crippen LogP contribution in [0.4, 0.5) is 0 Å². The molecule has 92 valence electrons. The van der Waals surface area contributed by atoms with Crippen molar-refractivity contribution in [1.29, 1.82) is 0 Å². The number of nitrogens with zero attached hydrogens (tertiary/aromatic N) is 2. The highest BCUT2D eigenvalue weighted by Crippen LogP contribution is 2.48. The number of piperazine rings is 1. The highest BCUT2D eigenvalue weighted by molar-refractivity contribution is 4.97. The van der Waals surface area contributed by atoms with Crippen molar-refractivity contribution in [3.8, 4) is 0 Å². The van der Waals surface area contributed by atoms with Gasteiger partial charge in [0.1, 0.15) is 0 Å². The summed E-state index contributed by atoms with van der Waals surface area (Å²) < 4.78 is 0. The minimum Gasteiger partial charge on any atom is -0.392 e. The van der Waals surface area contributed by atoms with Crippen molar-refractivity contribution >= 4 is 0 Å². The van der Waals surface area contributed by atoms with Gasteiger partial charge in [-0.15, -0.1) is 0 Å². The number of aliphatic hydroxyl groups is 1. The first-order valence-electron chi connectivity index (χ1n) is 6.83. The lowest BCUT2D eigenvalue weighted by atomic mass is 9.86. The van der Waals surface area contributed by atoms with Gasteiger partial charge in [-0.25, -0.2) is 0 Å². The quantitative estimate of drug-likeness (QED) is 0.746. The minimum absolute atomic E-state index is 0.0124. The van der Waals surface area contributed by atoms with Gasteiger partial charge in [0.2, 0.25) is 0 Å². The molecule has 1 saturated heterocycles. The Balaban J connectivity index is 1.55. The van der Waals surface area contributed by atoms with Gasteiger partial charge in [-0.2, -0.15) is 0 Å². The summed E-state index contributed by atoms with van der Waals surface area (Å²) in [7, 11) is 2.20. The molecule has 0 aromatic rings. The second kappa shape index (κ2) is 4.28. The SMILES string of the molecule is CN1CCN(C[C@H]2[C@H]3CC[C@@H](C3)[C@H]2O)CC1. The molecule has 0 unspecified atom stereocenters. The smallest absolute Gasteiger partial charge is 0.0611 e. The Labute approximate surface area is 98.4 Å². The number of fused-ring (bicyclic) bond motifs is 2. The summed E-state index contributed by atoms with van der Waals surface area (Å²) in [5.41, 5.74) is 0. The molecule has 0 spiro atoms. The van der Waals surface area contributed by atoms with Crippen LogP contribution in [0.2, 0.25) is 0 Å². The third kappa shape index (κ3) is 1.89. The van der Waals surface area contributed by atoms with Gasteiger partial charge in [-0.1, -0.05) is 0 Å². The summed E-state index contributed by atoms with van der Waals surface area (Å²) >= 11 is 0. The van der Waals surface area contributed by atoms with Crippen molar-refractivity contribution in [1.82, 2.24) is 9.80 Å². The number of hydrogen-bond acceptors (Lipinski definition) is 3. The van der Waals surface area contributed by atoms with Gasteiger partial charge in [0, 0.05) is 38.6 Å². The summed E-state index contributed by atoms with van der Waals surface area (Å²) in [6.07, 6.45) is 3.98. The van der Waals surface area contributed by atoms with Crippen molar-refractivity contribution in [3.63, 3.8) is 0 Å². The van der Waals surface area contributed by atoms with E-state index in [1.165, 1.54) is 45.4 Å². The lowest BCUT2D eigenvalue weighted by molar-refractivity contribution is 0.0282. The van der Waals surface area contributed by atoms with Crippen LogP contribution in [0.3, 0.4) is 0 Å². The van der Waals surface area contributed by atoms with Gasteiger partial charge >= 0.3 is 0 Å². The van der Waals surface area contributed by atoms with Crippen LogP contribution in [-0.4, -0.2) is 60.8 Å². The average Bonchev–Trinajstić information content (AvgIpc) is 2.85. The Morgan fingerprint density at radius 2 is 1.75 bits per heavy atom. The second-order valence-electron chi connectivity index (χ2n) is 6.09. The van der Waals surface area contributed by atoms with Crippen LogP contribution < -0.4 is 0 Å². The normalized spacial score (nSPS) is 45.4. The van der Waals surface area contributed by atoms with Crippen LogP contribution >= 0.6 is 0 Å². The molecule has 3 nitrogen and oxygen atoms in total. The predicted molar refractivity (Wildman–Crippen MR) is 64.3 cm³/mol. The molecular formula is C13H24N2O. The minimum atomic E-state index is 0.0124. The maximum Gasteiger partial charge on any atom is 0.0611 e. The fraction of sp³-hybridized carbons (Fsp3) is 1.00. The topological polar surface area (TPSA) is 26.7 Å². The highest BCUT2D eigenvalue weighted by atomic mass is 16.3. The molecule has 4 atom stereocenters. The summed E-state index contributed by atoms with van der Waals surface area (Å²) in [4.78, 5) is 4.96. The molecule has 0 aromatic heterocycles. The summed E-state index contributed by atoms with van der Waals surface area (Å²) in [5.74, 6) is 2.06. The maximum atomic E-state index is 10.2. The first-order chi connectivity index (χ1) is 7.74. The zero-order valence-corrected chi connectivity index (χ0v) is 10.3. The zero-order chi connectivity index (χ0) is 11.1. The molecule has 3 heteroatoms. The van der Waals surface area contributed by atoms with Gasteiger partial charge in [0.15, 0.2) is 0 Å². The van der Waals surface area contributed by atoms with E-state index in [1.54, 1.807) is 0 Å². The number of likely N-dealkylation sites (N-methyl/N-ethyl adjacent to an activating group) is 1. The predicted octanol–water partition coefficient (Wildman–Crippen LogP) is 0.641. The third-order valence-corrected chi connectivity index (χ3v) is 5.11. The summed E-state index contributed by atoms with van der Waals surface area (Å²) in [5, 5.41) is 10.2. The molecule has 1 N–H and O–H groups in total. The Morgan fingerprint density at radius 1 is 1.06 bits per heavy atom. The molecule has 2 aliphatic carbocycles. The van der Waals surface area contributed by atoms with Crippen molar-refractivity contribution in [3.05, 3.63) is 0 Å². The van der Waals surface area contributed by atoms with Gasteiger partial charge in [0.05, 0.1) is 6.10 Å². The molecule has 3 aliphatic rings. The van der Waals surface area contributed by atoms with Crippen LogP contribution in [0.5, 0.6) is 0 Å². The molecular weight excluding hydrogens is 200 g/mol. The van der Waals surface area contributed by atoms with Crippen LogP contribution in [0.25, 0.3) is 0 Å². The molecule has 16 heavy (non-hydrogen) atoms. The van der Waals surface area contributed by atoms with E-state index in [2.05, 4.69) is 16.8 Å². The largest absolute Gasteiger partial charge is 0.392 e. The monoisotopic (exact) mass is 224 g/mol. The Kier molecular flexibility index (Phi) is 2.94. The molecule has 3 fully saturated rings. The number of hydrogen-bond donors (Lipinski definition) is 1. The van der Waals surface area contributed by atoms with E-state index in [-0.39, 0.29) is 6.10 Å². The van der Waals surface area contributed by atoms with Crippen molar-refractivity contribution in [2.45, 2.75) is 25.4 Å². The van der Waals surface area contributed by atoms with E-state index in [9.17, 15) is 5.11 Å². The van der Waals surface area contributed by atoms with Crippen molar-refractivity contribution < 1.29 is 5.11 Å². The first-order valence-corrected chi connectivity index (χ1v) is 6.83. The van der Waals surface area contributed by atoms with Crippen LogP contribution in [0, 0.1) is 17.8 Å². The van der Waals surface area contributed by atoms with E-state index in [1.807, 2.05) is 0 Å². The Morgan fingerprint density at radius 3 is 2.38 bits per heavy atom. The van der Waals surface area contributed by atoms with Gasteiger partial charge in [-0.05, 0) is 38.1 Å². The summed E-state index contributed by atoms with van der Waals surface area (Å²) in [6.45, 7) is 5.91. The standard InChI is InChI=1S/C13H24N2O/c1-14-4-6-15(7-5-14)9-12-10-2-3-11(8-10)13(12)16/h10-13,16H,2-9H2,1H3/t10-,11-,12-,13+/m0/s1. The third-order valence-electron chi connectivity index (χ3n) is 5.11. The molecule has 0 aromatic carbocycles. The zero-order valence-electron chi connectivity index (χ0n) is 10.3. The van der Waals surface area contributed by atoms with E-state index < -0.39 is 0 Å². The molecule has 3 rings (SSSR count). The number of aliphatic hydroxyl groups excluding tert-OH is 1. The lowest BCUT2D eigenvalue weighted by Crippen LogP contribution is -2.48. The summed E-state index contributed by atoms with van der Waals surface area (Å²) in [6, 6.07) is 0. The van der Waals surface area contributed by atoms with E-state index in [4.69, 9.17) is 0 Å². The van der Waals surface area contributed by atoms with Crippen molar-refractivity contribution in [2.24, 2.45) is 17.8 Å². The fourth-order valence-electron chi connectivity index (χ4n) is 3.97. The number of rotatable bonds is 2. The molecule has 1 heterocycles. The molecule has 0 radical (unpaired) electrons. The average molecular weight is 224 g/mol. The Bertz CT molecular complexity index is 248. The van der Waals surface area contributed by atoms with E-state index in [0.717, 1.165) is 12.5 Å². The van der Waals surface area contributed by atoms with Crippen LogP contribution in [0.15, 0.2) is 0 Å². The van der Waals surface area contributed by atoms with Crippen molar-refractivity contribution in [2.75, 3.05) is 39.8 Å². The van der Waals surface area contributed by atoms with E-state index >= 15 is 0 Å². The molecule has 1 aliphatic heterocycles. The molecule has 2 bridgehead atoms. The second-order valence-corrected chi connectivity index (χ2v) is 6.09. The van der Waals surface area contributed by atoms with Gasteiger partial charge < -0.3 is 14.9 Å². The van der Waals surface area contributed by atoms with Gasteiger partial charge in [-0.3, -0.25) is 0 Å². The Hall–Kier alpha value is -0.120. The molecule has 0 amide bonds. The lowest BCUT2D eigenvalue weighted by Gasteiger charge is -2.37. The first kappa shape index (κ1) is 11.0. The molecule has 2 saturated carbocycles.